The van der Waals surface area contributed by atoms with Gasteiger partial charge in [-0.2, -0.15) is 0 Å². The third-order valence-corrected chi connectivity index (χ3v) is 3.29. The molecule has 1 N–H and O–H groups in total. The number of carbonyl (C=O) groups excluding carboxylic acids is 1. The zero-order valence-electron chi connectivity index (χ0n) is 9.37. The van der Waals surface area contributed by atoms with Crippen molar-refractivity contribution in [2.75, 3.05) is 26.2 Å². The first-order valence-electron chi connectivity index (χ1n) is 5.92. The van der Waals surface area contributed by atoms with Crippen LogP contribution in [0.3, 0.4) is 0 Å². The third kappa shape index (κ3) is 2.49. The highest BCUT2D eigenvalue weighted by atomic mass is 16.5. The van der Waals surface area contributed by atoms with Crippen LogP contribution >= 0.6 is 0 Å². The van der Waals surface area contributed by atoms with Gasteiger partial charge in [-0.05, 0) is 32.7 Å². The fraction of sp³-hybridized carbons (Fsp3) is 0.909. The quantitative estimate of drug-likeness (QED) is 0.683. The molecule has 0 aromatic rings. The standard InChI is InChI=1S/C11H20N2O2/c1-9-4-5-12-6-7-13(9)11(14)10-3-2-8-15-10/h9-10,12H,2-8H2,1H3. The highest BCUT2D eigenvalue weighted by Gasteiger charge is 2.31. The lowest BCUT2D eigenvalue weighted by Crippen LogP contribution is -2.45. The molecule has 0 aromatic carbocycles. The first-order valence-corrected chi connectivity index (χ1v) is 5.92. The van der Waals surface area contributed by atoms with E-state index in [-0.39, 0.29) is 12.0 Å². The summed E-state index contributed by atoms with van der Waals surface area (Å²) in [5.74, 6) is 0.198. The number of amides is 1. The summed E-state index contributed by atoms with van der Waals surface area (Å²) in [6.07, 6.45) is 2.80. The Hall–Kier alpha value is -0.610. The van der Waals surface area contributed by atoms with Crippen LogP contribution in [0.25, 0.3) is 0 Å². The number of hydrogen-bond acceptors (Lipinski definition) is 3. The topological polar surface area (TPSA) is 41.6 Å². The predicted octanol–water partition coefficient (Wildman–Crippen LogP) is 0.376. The molecule has 0 saturated carbocycles. The Labute approximate surface area is 91.0 Å². The number of ether oxygens (including phenoxy) is 1. The van der Waals surface area contributed by atoms with Crippen LogP contribution in [0.5, 0.6) is 0 Å². The number of nitrogens with one attached hydrogen (secondary N) is 1. The molecular weight excluding hydrogens is 192 g/mol. The van der Waals surface area contributed by atoms with E-state index in [0.29, 0.717) is 6.04 Å². The summed E-state index contributed by atoms with van der Waals surface area (Å²) in [5, 5.41) is 3.32. The smallest absolute Gasteiger partial charge is 0.251 e. The normalized spacial score (nSPS) is 32.7. The number of nitrogens with zero attached hydrogens (tertiary/aromatic N) is 1. The highest BCUT2D eigenvalue weighted by molar-refractivity contribution is 5.81. The van der Waals surface area contributed by atoms with Gasteiger partial charge in [-0.25, -0.2) is 0 Å². The molecule has 2 saturated heterocycles. The van der Waals surface area contributed by atoms with Crippen molar-refractivity contribution < 1.29 is 9.53 Å². The monoisotopic (exact) mass is 212 g/mol. The van der Waals surface area contributed by atoms with Gasteiger partial charge in [-0.3, -0.25) is 4.79 Å². The van der Waals surface area contributed by atoms with Gasteiger partial charge in [0.1, 0.15) is 6.10 Å². The van der Waals surface area contributed by atoms with Crippen molar-refractivity contribution in [2.45, 2.75) is 38.3 Å². The van der Waals surface area contributed by atoms with E-state index in [0.717, 1.165) is 45.5 Å². The van der Waals surface area contributed by atoms with Gasteiger partial charge in [0.25, 0.3) is 5.91 Å². The van der Waals surface area contributed by atoms with Gasteiger partial charge in [0.2, 0.25) is 0 Å². The van der Waals surface area contributed by atoms with Gasteiger partial charge in [0.05, 0.1) is 0 Å². The Bertz CT molecular complexity index is 227. The third-order valence-electron chi connectivity index (χ3n) is 3.29. The second-order valence-electron chi connectivity index (χ2n) is 4.42. The Morgan fingerprint density at radius 3 is 3.00 bits per heavy atom. The fourth-order valence-electron chi connectivity index (χ4n) is 2.30. The minimum atomic E-state index is -0.162. The van der Waals surface area contributed by atoms with E-state index in [2.05, 4.69) is 12.2 Å². The van der Waals surface area contributed by atoms with Crippen LogP contribution in [-0.4, -0.2) is 49.2 Å². The van der Waals surface area contributed by atoms with Gasteiger partial charge in [0, 0.05) is 25.7 Å². The molecule has 4 heteroatoms. The van der Waals surface area contributed by atoms with Crippen molar-refractivity contribution in [1.82, 2.24) is 10.2 Å². The van der Waals surface area contributed by atoms with Crippen LogP contribution in [0.1, 0.15) is 26.2 Å². The number of rotatable bonds is 1. The van der Waals surface area contributed by atoms with Gasteiger partial charge in [0.15, 0.2) is 0 Å². The van der Waals surface area contributed by atoms with Crippen LogP contribution in [-0.2, 0) is 9.53 Å². The lowest BCUT2D eigenvalue weighted by atomic mass is 10.1. The van der Waals surface area contributed by atoms with Crippen molar-refractivity contribution in [3.63, 3.8) is 0 Å². The molecule has 2 fully saturated rings. The molecule has 15 heavy (non-hydrogen) atoms. The number of hydrogen-bond donors (Lipinski definition) is 1. The second kappa shape index (κ2) is 4.94. The van der Waals surface area contributed by atoms with Crippen molar-refractivity contribution in [1.29, 1.82) is 0 Å². The number of carbonyl (C=O) groups is 1. The zero-order valence-corrected chi connectivity index (χ0v) is 9.37. The van der Waals surface area contributed by atoms with Crippen molar-refractivity contribution in [3.05, 3.63) is 0 Å². The molecule has 86 valence electrons. The maximum Gasteiger partial charge on any atom is 0.251 e. The summed E-state index contributed by atoms with van der Waals surface area (Å²) in [6, 6.07) is 0.344. The Morgan fingerprint density at radius 2 is 2.27 bits per heavy atom. The molecular formula is C11H20N2O2. The molecule has 2 aliphatic heterocycles. The van der Waals surface area contributed by atoms with E-state index in [9.17, 15) is 4.79 Å². The van der Waals surface area contributed by atoms with Crippen molar-refractivity contribution in [2.24, 2.45) is 0 Å². The Balaban J connectivity index is 1.96. The molecule has 4 nitrogen and oxygen atoms in total. The molecule has 0 spiro atoms. The Morgan fingerprint density at radius 1 is 1.40 bits per heavy atom. The molecule has 1 amide bonds. The maximum atomic E-state index is 12.1. The average molecular weight is 212 g/mol. The summed E-state index contributed by atoms with van der Waals surface area (Å²) < 4.78 is 5.45. The molecule has 2 unspecified atom stereocenters. The van der Waals surface area contributed by atoms with E-state index in [1.54, 1.807) is 0 Å². The van der Waals surface area contributed by atoms with Gasteiger partial charge in [-0.1, -0.05) is 0 Å². The zero-order chi connectivity index (χ0) is 10.7. The van der Waals surface area contributed by atoms with Crippen LogP contribution in [0.4, 0.5) is 0 Å². The summed E-state index contributed by atoms with van der Waals surface area (Å²) >= 11 is 0. The van der Waals surface area contributed by atoms with Crippen molar-refractivity contribution in [3.8, 4) is 0 Å². The molecule has 0 aliphatic carbocycles. The average Bonchev–Trinajstić information content (AvgIpc) is 2.68. The summed E-state index contributed by atoms with van der Waals surface area (Å²) in [4.78, 5) is 14.1. The van der Waals surface area contributed by atoms with E-state index >= 15 is 0 Å². The van der Waals surface area contributed by atoms with E-state index in [4.69, 9.17) is 4.74 Å². The minimum Gasteiger partial charge on any atom is -0.368 e. The molecule has 0 bridgehead atoms. The molecule has 2 atom stereocenters. The Kier molecular flexibility index (Phi) is 3.59. The molecule has 2 heterocycles. The molecule has 2 rings (SSSR count). The van der Waals surface area contributed by atoms with Crippen LogP contribution in [0.2, 0.25) is 0 Å². The van der Waals surface area contributed by atoms with Gasteiger partial charge >= 0.3 is 0 Å². The first-order chi connectivity index (χ1) is 7.29. The lowest BCUT2D eigenvalue weighted by molar-refractivity contribution is -0.142. The molecule has 0 radical (unpaired) electrons. The summed E-state index contributed by atoms with van der Waals surface area (Å²) in [5.41, 5.74) is 0. The van der Waals surface area contributed by atoms with E-state index in [1.165, 1.54) is 0 Å². The van der Waals surface area contributed by atoms with Crippen LogP contribution in [0.15, 0.2) is 0 Å². The predicted molar refractivity (Wildman–Crippen MR) is 57.6 cm³/mol. The highest BCUT2D eigenvalue weighted by Crippen LogP contribution is 2.17. The van der Waals surface area contributed by atoms with E-state index in [1.807, 2.05) is 4.90 Å². The lowest BCUT2D eigenvalue weighted by Gasteiger charge is -2.28. The minimum absolute atomic E-state index is 0.162. The van der Waals surface area contributed by atoms with Gasteiger partial charge in [-0.15, -0.1) is 0 Å². The molecule has 2 aliphatic rings. The first kappa shape index (κ1) is 10.9. The maximum absolute atomic E-state index is 12.1. The second-order valence-corrected chi connectivity index (χ2v) is 4.42. The SMILES string of the molecule is CC1CCNCCN1C(=O)C1CCCO1. The molecule has 0 aromatic heterocycles. The van der Waals surface area contributed by atoms with Gasteiger partial charge < -0.3 is 15.0 Å². The van der Waals surface area contributed by atoms with Crippen LogP contribution < -0.4 is 5.32 Å². The summed E-state index contributed by atoms with van der Waals surface area (Å²) in [7, 11) is 0. The largest absolute Gasteiger partial charge is 0.368 e. The fourth-order valence-corrected chi connectivity index (χ4v) is 2.30. The van der Waals surface area contributed by atoms with Crippen LogP contribution in [0, 0.1) is 0 Å². The summed E-state index contributed by atoms with van der Waals surface area (Å²) in [6.45, 7) is 5.61. The van der Waals surface area contributed by atoms with E-state index < -0.39 is 0 Å². The van der Waals surface area contributed by atoms with Crippen molar-refractivity contribution >= 4 is 5.91 Å².